The van der Waals surface area contributed by atoms with Gasteiger partial charge in [0.1, 0.15) is 0 Å². The highest BCUT2D eigenvalue weighted by Gasteiger charge is 2.17. The predicted octanol–water partition coefficient (Wildman–Crippen LogP) is 5.00. The number of nitrogens with zero attached hydrogens (tertiary/aromatic N) is 2. The lowest BCUT2D eigenvalue weighted by molar-refractivity contribution is 0.101. The van der Waals surface area contributed by atoms with Crippen molar-refractivity contribution in [3.63, 3.8) is 0 Å². The van der Waals surface area contributed by atoms with Gasteiger partial charge in [0.15, 0.2) is 0 Å². The zero-order valence-electron chi connectivity index (χ0n) is 16.3. The smallest absolute Gasteiger partial charge is 0.265 e. The van der Waals surface area contributed by atoms with E-state index in [9.17, 15) is 9.59 Å². The van der Waals surface area contributed by atoms with Crippen LogP contribution in [0.4, 0.5) is 11.4 Å². The van der Waals surface area contributed by atoms with E-state index in [0.29, 0.717) is 28.2 Å². The Morgan fingerprint density at radius 3 is 2.17 bits per heavy atom. The van der Waals surface area contributed by atoms with Crippen LogP contribution in [0, 0.1) is 0 Å². The first-order valence-corrected chi connectivity index (χ1v) is 10.4. The van der Waals surface area contributed by atoms with E-state index in [2.05, 4.69) is 15.7 Å². The molecule has 2 N–H and O–H groups in total. The van der Waals surface area contributed by atoms with E-state index < -0.39 is 0 Å². The zero-order chi connectivity index (χ0) is 20.9. The van der Waals surface area contributed by atoms with Crippen LogP contribution in [0.5, 0.6) is 0 Å². The molecule has 7 heteroatoms. The maximum atomic E-state index is 12.8. The Morgan fingerprint density at radius 2 is 1.57 bits per heavy atom. The number of rotatable bonds is 6. The number of aromatic nitrogens is 2. The standard InChI is InChI=1S/C23H20N4O2S/c1-2-20-19(15-24-27(20)18-7-4-3-5-8-18)22(28)25-16-10-12-17(13-11-16)26-23(29)21-9-6-14-30-21/h3-15H,2H2,1H3,(H,25,28)(H,26,29). The quantitative estimate of drug-likeness (QED) is 0.464. The number of carbonyl (C=O) groups is 2. The number of thiophene rings is 1. The van der Waals surface area contributed by atoms with Gasteiger partial charge in [-0.15, -0.1) is 11.3 Å². The Balaban J connectivity index is 1.46. The molecule has 0 spiro atoms. The summed E-state index contributed by atoms with van der Waals surface area (Å²) in [4.78, 5) is 25.6. The first-order valence-electron chi connectivity index (χ1n) is 9.54. The average Bonchev–Trinajstić information content (AvgIpc) is 3.46. The van der Waals surface area contributed by atoms with Crippen LogP contribution >= 0.6 is 11.3 Å². The number of benzene rings is 2. The molecule has 30 heavy (non-hydrogen) atoms. The molecule has 2 aromatic heterocycles. The van der Waals surface area contributed by atoms with E-state index >= 15 is 0 Å². The minimum absolute atomic E-state index is 0.150. The molecule has 0 aliphatic rings. The third-order valence-corrected chi connectivity index (χ3v) is 5.46. The van der Waals surface area contributed by atoms with Crippen LogP contribution in [0.15, 0.2) is 78.3 Å². The number of hydrogen-bond acceptors (Lipinski definition) is 4. The molecule has 0 fully saturated rings. The summed E-state index contributed by atoms with van der Waals surface area (Å²) in [6.45, 7) is 2.00. The Hall–Kier alpha value is -3.71. The van der Waals surface area contributed by atoms with Gasteiger partial charge in [0.2, 0.25) is 0 Å². The zero-order valence-corrected chi connectivity index (χ0v) is 17.1. The van der Waals surface area contributed by atoms with Gasteiger partial charge in [-0.3, -0.25) is 9.59 Å². The molecule has 0 atom stereocenters. The highest BCUT2D eigenvalue weighted by atomic mass is 32.1. The molecule has 0 unspecified atom stereocenters. The average molecular weight is 417 g/mol. The molecule has 6 nitrogen and oxygen atoms in total. The van der Waals surface area contributed by atoms with E-state index in [1.807, 2.05) is 48.7 Å². The van der Waals surface area contributed by atoms with E-state index in [0.717, 1.165) is 11.4 Å². The van der Waals surface area contributed by atoms with Crippen molar-refractivity contribution in [2.75, 3.05) is 10.6 Å². The summed E-state index contributed by atoms with van der Waals surface area (Å²) in [5.41, 5.74) is 3.61. The molecule has 0 aliphatic heterocycles. The number of anilines is 2. The SMILES string of the molecule is CCc1c(C(=O)Nc2ccc(NC(=O)c3cccs3)cc2)cnn1-c1ccccc1. The first-order chi connectivity index (χ1) is 14.7. The number of amides is 2. The van der Waals surface area contributed by atoms with Crippen molar-refractivity contribution >= 4 is 34.5 Å². The fourth-order valence-electron chi connectivity index (χ4n) is 3.13. The summed E-state index contributed by atoms with van der Waals surface area (Å²) in [6.07, 6.45) is 2.27. The van der Waals surface area contributed by atoms with Crippen molar-refractivity contribution in [2.24, 2.45) is 0 Å². The highest BCUT2D eigenvalue weighted by molar-refractivity contribution is 7.12. The molecule has 2 amide bonds. The van der Waals surface area contributed by atoms with Gasteiger partial charge in [-0.1, -0.05) is 31.2 Å². The molecule has 2 heterocycles. The van der Waals surface area contributed by atoms with E-state index in [1.54, 1.807) is 41.2 Å². The number of carbonyl (C=O) groups excluding carboxylic acids is 2. The number of para-hydroxylation sites is 1. The van der Waals surface area contributed by atoms with Crippen molar-refractivity contribution in [3.05, 3.63) is 94.4 Å². The minimum atomic E-state index is -0.218. The maximum Gasteiger partial charge on any atom is 0.265 e. The second-order valence-corrected chi connectivity index (χ2v) is 7.52. The lowest BCUT2D eigenvalue weighted by Crippen LogP contribution is -2.14. The van der Waals surface area contributed by atoms with Crippen molar-refractivity contribution in [1.82, 2.24) is 9.78 Å². The first kappa shape index (κ1) is 19.6. The van der Waals surface area contributed by atoms with Gasteiger partial charge in [-0.2, -0.15) is 5.10 Å². The second kappa shape index (κ2) is 8.75. The van der Waals surface area contributed by atoms with Crippen LogP contribution < -0.4 is 10.6 Å². The van der Waals surface area contributed by atoms with Gasteiger partial charge < -0.3 is 10.6 Å². The topological polar surface area (TPSA) is 76.0 Å². The molecule has 0 saturated heterocycles. The molecular formula is C23H20N4O2S. The number of nitrogens with one attached hydrogen (secondary N) is 2. The second-order valence-electron chi connectivity index (χ2n) is 6.57. The fraction of sp³-hybridized carbons (Fsp3) is 0.0870. The summed E-state index contributed by atoms with van der Waals surface area (Å²) in [5, 5.41) is 12.0. The number of hydrogen-bond donors (Lipinski definition) is 2. The molecular weight excluding hydrogens is 396 g/mol. The van der Waals surface area contributed by atoms with Gasteiger partial charge in [0, 0.05) is 11.4 Å². The Labute approximate surface area is 178 Å². The van der Waals surface area contributed by atoms with Gasteiger partial charge >= 0.3 is 0 Å². The molecule has 150 valence electrons. The fourth-order valence-corrected chi connectivity index (χ4v) is 3.75. The van der Waals surface area contributed by atoms with E-state index in [1.165, 1.54) is 11.3 Å². The van der Waals surface area contributed by atoms with Crippen LogP contribution in [0.1, 0.15) is 32.6 Å². The van der Waals surface area contributed by atoms with Gasteiger partial charge in [-0.05, 0) is 54.3 Å². The normalized spacial score (nSPS) is 10.6. The lowest BCUT2D eigenvalue weighted by atomic mass is 10.1. The van der Waals surface area contributed by atoms with Crippen LogP contribution in [0.2, 0.25) is 0 Å². The maximum absolute atomic E-state index is 12.8. The van der Waals surface area contributed by atoms with Crippen molar-refractivity contribution in [3.8, 4) is 5.69 Å². The van der Waals surface area contributed by atoms with Crippen LogP contribution in [0.25, 0.3) is 5.69 Å². The van der Waals surface area contributed by atoms with Gasteiger partial charge in [-0.25, -0.2) is 4.68 Å². The molecule has 2 aromatic carbocycles. The summed E-state index contributed by atoms with van der Waals surface area (Å²) >= 11 is 1.39. The summed E-state index contributed by atoms with van der Waals surface area (Å²) in [5.74, 6) is -0.368. The lowest BCUT2D eigenvalue weighted by Gasteiger charge is -2.09. The predicted molar refractivity (Wildman–Crippen MR) is 120 cm³/mol. The third-order valence-electron chi connectivity index (χ3n) is 4.59. The summed E-state index contributed by atoms with van der Waals surface area (Å²) in [6, 6.07) is 20.4. The van der Waals surface area contributed by atoms with E-state index in [4.69, 9.17) is 0 Å². The van der Waals surface area contributed by atoms with Crippen LogP contribution in [-0.2, 0) is 6.42 Å². The van der Waals surface area contributed by atoms with Crippen molar-refractivity contribution in [2.45, 2.75) is 13.3 Å². The van der Waals surface area contributed by atoms with Crippen LogP contribution in [0.3, 0.4) is 0 Å². The molecule has 0 aliphatic carbocycles. The van der Waals surface area contributed by atoms with Crippen molar-refractivity contribution < 1.29 is 9.59 Å². The van der Waals surface area contributed by atoms with Gasteiger partial charge in [0.05, 0.1) is 28.0 Å². The van der Waals surface area contributed by atoms with Crippen molar-refractivity contribution in [1.29, 1.82) is 0 Å². The molecule has 4 rings (SSSR count). The largest absolute Gasteiger partial charge is 0.322 e. The molecule has 4 aromatic rings. The van der Waals surface area contributed by atoms with E-state index in [-0.39, 0.29) is 11.8 Å². The third kappa shape index (κ3) is 4.16. The molecule has 0 bridgehead atoms. The highest BCUT2D eigenvalue weighted by Crippen LogP contribution is 2.20. The Bertz CT molecular complexity index is 1150. The minimum Gasteiger partial charge on any atom is -0.322 e. The van der Waals surface area contributed by atoms with Gasteiger partial charge in [0.25, 0.3) is 11.8 Å². The molecule has 0 radical (unpaired) electrons. The summed E-state index contributed by atoms with van der Waals surface area (Å²) in [7, 11) is 0. The Morgan fingerprint density at radius 1 is 0.900 bits per heavy atom. The van der Waals surface area contributed by atoms with Crippen LogP contribution in [-0.4, -0.2) is 21.6 Å². The monoisotopic (exact) mass is 416 g/mol. The Kier molecular flexibility index (Phi) is 5.72. The summed E-state index contributed by atoms with van der Waals surface area (Å²) < 4.78 is 1.79. The molecule has 0 saturated carbocycles.